The molecule has 1 aliphatic carbocycles. The standard InChI is InChI=1S/C17H22N2O2/c1-11-5-4-6-14(11)19-17-13-10-16(21-3)15(20-2)9-12(13)7-8-18-17/h7-11,14H,4-6H2,1-3H3,(H,18,19). The van der Waals surface area contributed by atoms with Crippen molar-refractivity contribution in [1.29, 1.82) is 0 Å². The Kier molecular flexibility index (Phi) is 3.86. The summed E-state index contributed by atoms with van der Waals surface area (Å²) in [6.07, 6.45) is 5.64. The first-order valence-corrected chi connectivity index (χ1v) is 7.50. The Morgan fingerprint density at radius 2 is 1.90 bits per heavy atom. The van der Waals surface area contributed by atoms with Gasteiger partial charge in [0.05, 0.1) is 14.2 Å². The van der Waals surface area contributed by atoms with E-state index in [2.05, 4.69) is 17.2 Å². The average Bonchev–Trinajstić information content (AvgIpc) is 2.91. The van der Waals surface area contributed by atoms with E-state index in [0.29, 0.717) is 12.0 Å². The molecule has 4 nitrogen and oxygen atoms in total. The molecule has 21 heavy (non-hydrogen) atoms. The highest BCUT2D eigenvalue weighted by molar-refractivity contribution is 5.94. The fourth-order valence-corrected chi connectivity index (χ4v) is 3.15. The van der Waals surface area contributed by atoms with Gasteiger partial charge in [0, 0.05) is 17.6 Å². The number of hydrogen-bond acceptors (Lipinski definition) is 4. The van der Waals surface area contributed by atoms with E-state index < -0.39 is 0 Å². The summed E-state index contributed by atoms with van der Waals surface area (Å²) >= 11 is 0. The highest BCUT2D eigenvalue weighted by Crippen LogP contribution is 2.36. The van der Waals surface area contributed by atoms with Gasteiger partial charge in [-0.15, -0.1) is 0 Å². The van der Waals surface area contributed by atoms with Gasteiger partial charge >= 0.3 is 0 Å². The minimum absolute atomic E-state index is 0.510. The molecule has 0 amide bonds. The number of methoxy groups -OCH3 is 2. The lowest BCUT2D eigenvalue weighted by atomic mass is 10.1. The fourth-order valence-electron chi connectivity index (χ4n) is 3.15. The van der Waals surface area contributed by atoms with Crippen LogP contribution in [0.4, 0.5) is 5.82 Å². The predicted molar refractivity (Wildman–Crippen MR) is 85.3 cm³/mol. The van der Waals surface area contributed by atoms with E-state index in [1.165, 1.54) is 19.3 Å². The largest absolute Gasteiger partial charge is 0.493 e. The third-order valence-corrected chi connectivity index (χ3v) is 4.45. The summed E-state index contributed by atoms with van der Waals surface area (Å²) in [5.41, 5.74) is 0. The topological polar surface area (TPSA) is 43.4 Å². The maximum Gasteiger partial charge on any atom is 0.161 e. The van der Waals surface area contributed by atoms with Crippen LogP contribution in [0.15, 0.2) is 24.4 Å². The summed E-state index contributed by atoms with van der Waals surface area (Å²) in [7, 11) is 3.32. The number of fused-ring (bicyclic) bond motifs is 1. The molecular weight excluding hydrogens is 264 g/mol. The van der Waals surface area contributed by atoms with Crippen LogP contribution >= 0.6 is 0 Å². The van der Waals surface area contributed by atoms with Crippen LogP contribution < -0.4 is 14.8 Å². The summed E-state index contributed by atoms with van der Waals surface area (Å²) in [6, 6.07) is 6.51. The minimum atomic E-state index is 0.510. The Morgan fingerprint density at radius 1 is 1.14 bits per heavy atom. The van der Waals surface area contributed by atoms with Crippen LogP contribution in [0.2, 0.25) is 0 Å². The monoisotopic (exact) mass is 286 g/mol. The zero-order valence-corrected chi connectivity index (χ0v) is 12.8. The molecule has 3 rings (SSSR count). The van der Waals surface area contributed by atoms with Crippen LogP contribution in [0.5, 0.6) is 11.5 Å². The lowest BCUT2D eigenvalue weighted by Gasteiger charge is -2.19. The van der Waals surface area contributed by atoms with E-state index in [1.807, 2.05) is 24.4 Å². The molecule has 1 fully saturated rings. The van der Waals surface area contributed by atoms with Crippen LogP contribution in [-0.4, -0.2) is 25.2 Å². The fraction of sp³-hybridized carbons (Fsp3) is 0.471. The first kappa shape index (κ1) is 14.0. The summed E-state index contributed by atoms with van der Waals surface area (Å²) in [5, 5.41) is 5.80. The van der Waals surface area contributed by atoms with Crippen LogP contribution in [0.3, 0.4) is 0 Å². The van der Waals surface area contributed by atoms with Gasteiger partial charge in [-0.1, -0.05) is 13.3 Å². The van der Waals surface area contributed by atoms with Crippen molar-refractivity contribution in [3.8, 4) is 11.5 Å². The predicted octanol–water partition coefficient (Wildman–Crippen LogP) is 3.85. The van der Waals surface area contributed by atoms with Gasteiger partial charge in [0.2, 0.25) is 0 Å². The first-order valence-electron chi connectivity index (χ1n) is 7.50. The smallest absolute Gasteiger partial charge is 0.161 e. The van der Waals surface area contributed by atoms with Crippen molar-refractivity contribution in [3.63, 3.8) is 0 Å². The zero-order chi connectivity index (χ0) is 14.8. The van der Waals surface area contributed by atoms with E-state index in [0.717, 1.165) is 28.1 Å². The molecule has 0 spiro atoms. The lowest BCUT2D eigenvalue weighted by Crippen LogP contribution is -2.22. The maximum absolute atomic E-state index is 5.41. The van der Waals surface area contributed by atoms with Gasteiger partial charge in [-0.2, -0.15) is 0 Å². The van der Waals surface area contributed by atoms with Crippen molar-refractivity contribution < 1.29 is 9.47 Å². The van der Waals surface area contributed by atoms with Crippen molar-refractivity contribution in [2.45, 2.75) is 32.2 Å². The Hall–Kier alpha value is -1.97. The number of aromatic nitrogens is 1. The third kappa shape index (κ3) is 2.62. The van der Waals surface area contributed by atoms with E-state index in [-0.39, 0.29) is 0 Å². The first-order chi connectivity index (χ1) is 10.2. The molecule has 1 aromatic carbocycles. The van der Waals surface area contributed by atoms with Crippen molar-refractivity contribution in [3.05, 3.63) is 24.4 Å². The van der Waals surface area contributed by atoms with E-state index in [4.69, 9.17) is 9.47 Å². The van der Waals surface area contributed by atoms with Gasteiger partial charge in [0.15, 0.2) is 11.5 Å². The Labute approximate surface area is 125 Å². The Morgan fingerprint density at radius 3 is 2.57 bits per heavy atom. The van der Waals surface area contributed by atoms with Gasteiger partial charge in [-0.25, -0.2) is 4.98 Å². The molecule has 0 bridgehead atoms. The van der Waals surface area contributed by atoms with Gasteiger partial charge in [-0.3, -0.25) is 0 Å². The lowest BCUT2D eigenvalue weighted by molar-refractivity contribution is 0.356. The molecule has 2 atom stereocenters. The quantitative estimate of drug-likeness (QED) is 0.927. The Balaban J connectivity index is 2.02. The number of benzene rings is 1. The molecule has 1 saturated carbocycles. The highest BCUT2D eigenvalue weighted by Gasteiger charge is 2.24. The van der Waals surface area contributed by atoms with E-state index >= 15 is 0 Å². The van der Waals surface area contributed by atoms with Crippen LogP contribution in [0, 0.1) is 5.92 Å². The van der Waals surface area contributed by atoms with Crippen molar-refractivity contribution in [2.24, 2.45) is 5.92 Å². The molecule has 4 heteroatoms. The molecule has 112 valence electrons. The van der Waals surface area contributed by atoms with Crippen molar-refractivity contribution in [1.82, 2.24) is 4.98 Å². The highest BCUT2D eigenvalue weighted by atomic mass is 16.5. The molecule has 2 unspecified atom stereocenters. The minimum Gasteiger partial charge on any atom is -0.493 e. The molecule has 0 aliphatic heterocycles. The second-order valence-corrected chi connectivity index (χ2v) is 5.75. The van der Waals surface area contributed by atoms with Crippen LogP contribution in [0.1, 0.15) is 26.2 Å². The summed E-state index contributed by atoms with van der Waals surface area (Å²) in [4.78, 5) is 4.53. The molecule has 1 N–H and O–H groups in total. The second-order valence-electron chi connectivity index (χ2n) is 5.75. The summed E-state index contributed by atoms with van der Waals surface area (Å²) in [5.74, 6) is 3.12. The Bertz CT molecular complexity index is 642. The molecule has 1 heterocycles. The SMILES string of the molecule is COc1cc2ccnc(NC3CCCC3C)c2cc1OC. The number of hydrogen-bond donors (Lipinski definition) is 1. The van der Waals surface area contributed by atoms with Crippen molar-refractivity contribution >= 4 is 16.6 Å². The number of rotatable bonds is 4. The third-order valence-electron chi connectivity index (χ3n) is 4.45. The van der Waals surface area contributed by atoms with Gasteiger partial charge in [-0.05, 0) is 42.3 Å². The van der Waals surface area contributed by atoms with Crippen molar-refractivity contribution in [2.75, 3.05) is 19.5 Å². The van der Waals surface area contributed by atoms with Gasteiger partial charge < -0.3 is 14.8 Å². The zero-order valence-electron chi connectivity index (χ0n) is 12.8. The second kappa shape index (κ2) is 5.80. The van der Waals surface area contributed by atoms with Crippen LogP contribution in [-0.2, 0) is 0 Å². The number of anilines is 1. The maximum atomic E-state index is 5.41. The van der Waals surface area contributed by atoms with Gasteiger partial charge in [0.25, 0.3) is 0 Å². The van der Waals surface area contributed by atoms with E-state index in [1.54, 1.807) is 14.2 Å². The number of pyridine rings is 1. The number of nitrogens with one attached hydrogen (secondary N) is 1. The average molecular weight is 286 g/mol. The number of ether oxygens (including phenoxy) is 2. The number of nitrogens with zero attached hydrogens (tertiary/aromatic N) is 1. The normalized spacial score (nSPS) is 21.5. The molecule has 2 aromatic rings. The summed E-state index contributed by atoms with van der Waals surface area (Å²) < 4.78 is 10.8. The van der Waals surface area contributed by atoms with Crippen LogP contribution in [0.25, 0.3) is 10.8 Å². The van der Waals surface area contributed by atoms with Gasteiger partial charge in [0.1, 0.15) is 5.82 Å². The molecule has 1 aromatic heterocycles. The molecular formula is C17H22N2O2. The molecule has 1 aliphatic rings. The summed E-state index contributed by atoms with van der Waals surface area (Å²) in [6.45, 7) is 2.30. The van der Waals surface area contributed by atoms with E-state index in [9.17, 15) is 0 Å². The molecule has 0 saturated heterocycles. The molecule has 0 radical (unpaired) electrons.